The summed E-state index contributed by atoms with van der Waals surface area (Å²) in [6.45, 7) is 0.740. The van der Waals surface area contributed by atoms with E-state index in [1.165, 1.54) is 29.7 Å². The molecule has 180 valence electrons. The van der Waals surface area contributed by atoms with Crippen LogP contribution in [0, 0.1) is 0 Å². The van der Waals surface area contributed by atoms with Crippen LogP contribution in [-0.4, -0.2) is 53.8 Å². The molecule has 1 atom stereocenters. The number of imidazole rings is 1. The summed E-state index contributed by atoms with van der Waals surface area (Å²) in [4.78, 5) is 25.0. The lowest BCUT2D eigenvalue weighted by Gasteiger charge is -2.31. The van der Waals surface area contributed by atoms with Gasteiger partial charge in [-0.15, -0.1) is 0 Å². The summed E-state index contributed by atoms with van der Waals surface area (Å²) in [5, 5.41) is 2.68. The fourth-order valence-electron chi connectivity index (χ4n) is 4.33. The van der Waals surface area contributed by atoms with Crippen LogP contribution in [0.2, 0.25) is 0 Å². The highest BCUT2D eigenvalue weighted by Crippen LogP contribution is 2.30. The molecular weight excluding hydrogens is 466 g/mol. The van der Waals surface area contributed by atoms with Gasteiger partial charge in [-0.05, 0) is 55.3 Å². The van der Waals surface area contributed by atoms with Crippen molar-refractivity contribution in [1.82, 2.24) is 19.3 Å². The zero-order valence-electron chi connectivity index (χ0n) is 19.1. The maximum Gasteiger partial charge on any atom is 0.256 e. The summed E-state index contributed by atoms with van der Waals surface area (Å²) in [6, 6.07) is 17.2. The Kier molecular flexibility index (Phi) is 6.23. The molecule has 5 rings (SSSR count). The second kappa shape index (κ2) is 9.47. The molecule has 2 aromatic carbocycles. The topological polar surface area (TPSA) is 117 Å². The average Bonchev–Trinajstić information content (AvgIpc) is 3.34. The zero-order valence-corrected chi connectivity index (χ0v) is 20.0. The molecule has 0 bridgehead atoms. The molecule has 9 nitrogen and oxygen atoms in total. The molecule has 3 heterocycles. The Morgan fingerprint density at radius 3 is 2.83 bits per heavy atom. The first-order chi connectivity index (χ1) is 17.0. The lowest BCUT2D eigenvalue weighted by atomic mass is 9.99. The third-order valence-electron chi connectivity index (χ3n) is 6.14. The van der Waals surface area contributed by atoms with Crippen LogP contribution >= 0.6 is 0 Å². The number of H-pyrrole nitrogens is 1. The van der Waals surface area contributed by atoms with Gasteiger partial charge in [0.25, 0.3) is 5.91 Å². The van der Waals surface area contributed by atoms with Gasteiger partial charge in [0.1, 0.15) is 5.82 Å². The number of rotatable bonds is 6. The normalized spacial score (nSPS) is 16.8. The molecular formula is C25H25N5O4S. The number of fused-ring (bicyclic) bond motifs is 1. The van der Waals surface area contributed by atoms with Crippen LogP contribution in [0.15, 0.2) is 71.8 Å². The quantitative estimate of drug-likeness (QED) is 0.424. The third kappa shape index (κ3) is 4.62. The van der Waals surface area contributed by atoms with Crippen LogP contribution in [0.1, 0.15) is 34.9 Å². The van der Waals surface area contributed by atoms with Gasteiger partial charge in [0.05, 0.1) is 23.0 Å². The van der Waals surface area contributed by atoms with Gasteiger partial charge >= 0.3 is 0 Å². The van der Waals surface area contributed by atoms with E-state index in [0.717, 1.165) is 29.7 Å². The number of nitrogens with zero attached hydrogens (tertiary/aromatic N) is 3. The molecule has 0 saturated carbocycles. The summed E-state index contributed by atoms with van der Waals surface area (Å²) in [6.07, 6.45) is 3.11. The fraction of sp³-hybridized carbons (Fsp3) is 0.240. The van der Waals surface area contributed by atoms with E-state index in [9.17, 15) is 13.2 Å². The Morgan fingerprint density at radius 2 is 2.00 bits per heavy atom. The van der Waals surface area contributed by atoms with Crippen molar-refractivity contribution in [1.29, 1.82) is 0 Å². The van der Waals surface area contributed by atoms with Gasteiger partial charge in [0.2, 0.25) is 10.0 Å². The van der Waals surface area contributed by atoms with E-state index in [1.54, 1.807) is 24.3 Å². The van der Waals surface area contributed by atoms with Crippen LogP contribution in [0.3, 0.4) is 0 Å². The number of hydrogen-bond acceptors (Lipinski definition) is 6. The molecule has 1 fully saturated rings. The molecule has 1 aliphatic rings. The summed E-state index contributed by atoms with van der Waals surface area (Å²) in [5.74, 6) is 0.961. The van der Waals surface area contributed by atoms with E-state index in [-0.39, 0.29) is 22.2 Å². The number of methoxy groups -OCH3 is 1. The Bertz CT molecular complexity index is 1450. The summed E-state index contributed by atoms with van der Waals surface area (Å²) >= 11 is 0. The van der Waals surface area contributed by atoms with Gasteiger partial charge in [-0.2, -0.15) is 4.31 Å². The number of para-hydroxylation sites is 2. The SMILES string of the molecule is COc1cccnc1NC(=O)c1cccc(S(=O)(=O)N2CCCC(c3nc4ccccc4[nH]3)C2)c1. The number of amides is 1. The largest absolute Gasteiger partial charge is 0.493 e. The van der Waals surface area contributed by atoms with Crippen molar-refractivity contribution in [2.24, 2.45) is 0 Å². The van der Waals surface area contributed by atoms with Crippen molar-refractivity contribution in [3.05, 3.63) is 78.2 Å². The third-order valence-corrected chi connectivity index (χ3v) is 8.00. The van der Waals surface area contributed by atoms with Crippen LogP contribution in [0.4, 0.5) is 5.82 Å². The summed E-state index contributed by atoms with van der Waals surface area (Å²) in [7, 11) is -2.32. The fourth-order valence-corrected chi connectivity index (χ4v) is 5.90. The molecule has 4 aromatic rings. The van der Waals surface area contributed by atoms with Crippen molar-refractivity contribution in [2.45, 2.75) is 23.7 Å². The number of aromatic amines is 1. The highest BCUT2D eigenvalue weighted by atomic mass is 32.2. The highest BCUT2D eigenvalue weighted by molar-refractivity contribution is 7.89. The maximum absolute atomic E-state index is 13.5. The van der Waals surface area contributed by atoms with Crippen molar-refractivity contribution in [2.75, 3.05) is 25.5 Å². The molecule has 0 aliphatic carbocycles. The molecule has 35 heavy (non-hydrogen) atoms. The number of ether oxygens (including phenoxy) is 1. The van der Waals surface area contributed by atoms with Gasteiger partial charge < -0.3 is 15.0 Å². The number of benzene rings is 2. The molecule has 1 amide bonds. The van der Waals surface area contributed by atoms with Crippen molar-refractivity contribution < 1.29 is 17.9 Å². The van der Waals surface area contributed by atoms with Crippen LogP contribution in [-0.2, 0) is 10.0 Å². The standard InChI is InChI=1S/C25H25N5O4S/c1-34-22-12-5-13-26-24(22)29-25(31)17-7-4-9-19(15-17)35(32,33)30-14-6-8-18(16-30)23-27-20-10-2-3-11-21(20)28-23/h2-5,7,9-13,15,18H,6,8,14,16H2,1H3,(H,27,28)(H,26,29,31). The predicted octanol–water partition coefficient (Wildman–Crippen LogP) is 3.79. The van der Waals surface area contributed by atoms with E-state index in [4.69, 9.17) is 4.74 Å². The van der Waals surface area contributed by atoms with E-state index < -0.39 is 15.9 Å². The van der Waals surface area contributed by atoms with E-state index in [2.05, 4.69) is 20.3 Å². The number of anilines is 1. The number of hydrogen-bond donors (Lipinski definition) is 2. The van der Waals surface area contributed by atoms with Crippen molar-refractivity contribution >= 4 is 32.8 Å². The van der Waals surface area contributed by atoms with E-state index >= 15 is 0 Å². The first-order valence-electron chi connectivity index (χ1n) is 11.3. The molecule has 10 heteroatoms. The van der Waals surface area contributed by atoms with Crippen LogP contribution in [0.5, 0.6) is 5.75 Å². The average molecular weight is 492 g/mol. The minimum atomic E-state index is -3.80. The number of sulfonamides is 1. The molecule has 1 aliphatic heterocycles. The number of carbonyl (C=O) groups excluding carboxylic acids is 1. The van der Waals surface area contributed by atoms with Crippen molar-refractivity contribution in [3.8, 4) is 5.75 Å². The van der Waals surface area contributed by atoms with Gasteiger partial charge in [-0.1, -0.05) is 18.2 Å². The zero-order chi connectivity index (χ0) is 24.4. The minimum absolute atomic E-state index is 0.0333. The first kappa shape index (κ1) is 23.0. The Balaban J connectivity index is 1.36. The summed E-state index contributed by atoms with van der Waals surface area (Å²) < 4.78 is 33.7. The smallest absolute Gasteiger partial charge is 0.256 e. The summed E-state index contributed by atoms with van der Waals surface area (Å²) in [5.41, 5.74) is 2.01. The lowest BCUT2D eigenvalue weighted by molar-refractivity contribution is 0.102. The second-order valence-electron chi connectivity index (χ2n) is 8.38. The van der Waals surface area contributed by atoms with Gasteiger partial charge in [0.15, 0.2) is 11.6 Å². The molecule has 0 spiro atoms. The second-order valence-corrected chi connectivity index (χ2v) is 10.3. The molecule has 2 N–H and O–H groups in total. The number of piperidine rings is 1. The van der Waals surface area contributed by atoms with E-state index in [0.29, 0.717) is 18.8 Å². The lowest BCUT2D eigenvalue weighted by Crippen LogP contribution is -2.39. The molecule has 1 saturated heterocycles. The van der Waals surface area contributed by atoms with Crippen LogP contribution < -0.4 is 10.1 Å². The van der Waals surface area contributed by atoms with Gasteiger partial charge in [-0.3, -0.25) is 4.79 Å². The minimum Gasteiger partial charge on any atom is -0.493 e. The molecule has 1 unspecified atom stereocenters. The molecule has 2 aromatic heterocycles. The van der Waals surface area contributed by atoms with Crippen molar-refractivity contribution in [3.63, 3.8) is 0 Å². The van der Waals surface area contributed by atoms with E-state index in [1.807, 2.05) is 24.3 Å². The van der Waals surface area contributed by atoms with Gasteiger partial charge in [0, 0.05) is 30.8 Å². The Hall–Kier alpha value is -3.76. The predicted molar refractivity (Wildman–Crippen MR) is 132 cm³/mol. The van der Waals surface area contributed by atoms with Crippen LogP contribution in [0.25, 0.3) is 11.0 Å². The molecule has 0 radical (unpaired) electrons. The monoisotopic (exact) mass is 491 g/mol. The Morgan fingerprint density at radius 1 is 1.14 bits per heavy atom. The number of carbonyl (C=O) groups is 1. The van der Waals surface area contributed by atoms with Gasteiger partial charge in [-0.25, -0.2) is 18.4 Å². The number of pyridine rings is 1. The number of nitrogens with one attached hydrogen (secondary N) is 2. The number of aromatic nitrogens is 3. The Labute approximate surface area is 203 Å². The first-order valence-corrected chi connectivity index (χ1v) is 12.7. The maximum atomic E-state index is 13.5. The highest BCUT2D eigenvalue weighted by Gasteiger charge is 2.32.